The number of benzene rings is 2. The summed E-state index contributed by atoms with van der Waals surface area (Å²) >= 11 is 1.79. The zero-order chi connectivity index (χ0) is 35.9. The van der Waals surface area contributed by atoms with Crippen molar-refractivity contribution in [2.24, 2.45) is 17.8 Å². The summed E-state index contributed by atoms with van der Waals surface area (Å²) in [6.07, 6.45) is 10.0. The van der Waals surface area contributed by atoms with Crippen LogP contribution in [-0.4, -0.2) is 15.9 Å². The van der Waals surface area contributed by atoms with Gasteiger partial charge in [0, 0.05) is 51.3 Å². The molecule has 6 heteroatoms. The molecule has 50 heavy (non-hydrogen) atoms. The van der Waals surface area contributed by atoms with Gasteiger partial charge in [-0.1, -0.05) is 91.5 Å². The Morgan fingerprint density at radius 3 is 2.26 bits per heavy atom. The van der Waals surface area contributed by atoms with E-state index in [0.717, 1.165) is 60.0 Å². The van der Waals surface area contributed by atoms with Gasteiger partial charge in [-0.2, -0.15) is 0 Å². The summed E-state index contributed by atoms with van der Waals surface area (Å²) in [7, 11) is 4.27. The van der Waals surface area contributed by atoms with Crippen molar-refractivity contribution in [1.29, 1.82) is 0 Å². The van der Waals surface area contributed by atoms with E-state index in [0.29, 0.717) is 5.92 Å². The van der Waals surface area contributed by atoms with Crippen molar-refractivity contribution in [3.8, 4) is 22.5 Å². The average Bonchev–Trinajstić information content (AvgIpc) is 3.46. The molecule has 0 aliphatic heterocycles. The first-order chi connectivity index (χ1) is 23.3. The summed E-state index contributed by atoms with van der Waals surface area (Å²) in [4.78, 5) is 16.5. The normalized spacial score (nSPS) is 12.0. The van der Waals surface area contributed by atoms with Crippen LogP contribution in [0.1, 0.15) is 99.1 Å². The van der Waals surface area contributed by atoms with Gasteiger partial charge >= 0.3 is 0 Å². The van der Waals surface area contributed by atoms with Crippen molar-refractivity contribution in [1.82, 2.24) is 4.98 Å². The summed E-state index contributed by atoms with van der Waals surface area (Å²) < 4.78 is 3.18. The van der Waals surface area contributed by atoms with E-state index in [2.05, 4.69) is 102 Å². The third kappa shape index (κ3) is 9.93. The van der Waals surface area contributed by atoms with Gasteiger partial charge in [0.15, 0.2) is 5.78 Å². The van der Waals surface area contributed by atoms with Gasteiger partial charge in [-0.25, -0.2) is 0 Å². The Balaban J connectivity index is 0.000000361. The molecule has 0 aliphatic rings. The molecule has 0 spiro atoms. The minimum Gasteiger partial charge on any atom is -0.512 e. The smallest absolute Gasteiger partial charge is 0.162 e. The third-order valence-electron chi connectivity index (χ3n) is 9.44. The first kappa shape index (κ1) is 41.1. The van der Waals surface area contributed by atoms with Crippen LogP contribution in [-0.2, 0) is 36.7 Å². The van der Waals surface area contributed by atoms with Crippen molar-refractivity contribution < 1.29 is 34.6 Å². The van der Waals surface area contributed by atoms with Crippen LogP contribution >= 0.6 is 11.3 Å². The summed E-state index contributed by atoms with van der Waals surface area (Å²) in [5, 5.41) is 15.8. The van der Waals surface area contributed by atoms with E-state index in [-0.39, 0.29) is 48.9 Å². The number of fused-ring (bicyclic) bond motifs is 2. The number of aromatic nitrogens is 2. The molecule has 1 N–H and O–H groups in total. The maximum atomic E-state index is 11.7. The molecule has 5 aromatic rings. The molecule has 0 atom stereocenters. The van der Waals surface area contributed by atoms with Crippen molar-refractivity contribution in [3.63, 3.8) is 0 Å². The van der Waals surface area contributed by atoms with Crippen molar-refractivity contribution in [2.45, 2.75) is 99.8 Å². The van der Waals surface area contributed by atoms with E-state index < -0.39 is 0 Å². The first-order valence-corrected chi connectivity index (χ1v) is 18.8. The Labute approximate surface area is 318 Å². The summed E-state index contributed by atoms with van der Waals surface area (Å²) in [6, 6.07) is 21.0. The number of hydrogen-bond acceptors (Lipinski definition) is 4. The predicted molar refractivity (Wildman–Crippen MR) is 209 cm³/mol. The number of aliphatic hydroxyl groups excluding tert-OH is 1. The molecule has 3 aromatic heterocycles. The fourth-order valence-corrected chi connectivity index (χ4v) is 7.35. The van der Waals surface area contributed by atoms with Crippen molar-refractivity contribution in [2.75, 3.05) is 0 Å². The van der Waals surface area contributed by atoms with E-state index in [1.807, 2.05) is 44.7 Å². The molecule has 0 unspecified atom stereocenters. The second-order valence-corrected chi connectivity index (χ2v) is 15.5. The van der Waals surface area contributed by atoms with E-state index >= 15 is 0 Å². The Hall–Kier alpha value is -3.31. The Kier molecular flexibility index (Phi) is 15.0. The number of pyridine rings is 2. The van der Waals surface area contributed by atoms with Gasteiger partial charge < -0.3 is 9.67 Å². The molecule has 0 amide bonds. The molecule has 0 bridgehead atoms. The van der Waals surface area contributed by atoms with Crippen LogP contribution in [0.4, 0.5) is 0 Å². The maximum Gasteiger partial charge on any atom is 0.162 e. The number of nitrogens with zero attached hydrogens (tertiary/aromatic N) is 2. The van der Waals surface area contributed by atoms with Gasteiger partial charge in [0.25, 0.3) is 0 Å². The first-order valence-electron chi connectivity index (χ1n) is 17.9. The minimum absolute atomic E-state index is 0. The topological polar surface area (TPSA) is 54.1 Å². The van der Waals surface area contributed by atoms with Gasteiger partial charge in [-0.15, -0.1) is 40.5 Å². The monoisotopic (exact) mass is 868 g/mol. The Morgan fingerprint density at radius 2 is 1.64 bits per heavy atom. The van der Waals surface area contributed by atoms with Gasteiger partial charge in [-0.05, 0) is 83.5 Å². The number of rotatable bonds is 11. The molecular formula is C44H55IrN2O2S-. The van der Waals surface area contributed by atoms with E-state index in [4.69, 9.17) is 4.98 Å². The number of allylic oxidation sites excluding steroid dienone is 2. The molecule has 269 valence electrons. The van der Waals surface area contributed by atoms with E-state index in [9.17, 15) is 9.90 Å². The van der Waals surface area contributed by atoms with Crippen LogP contribution in [0.5, 0.6) is 0 Å². The number of aliphatic hydroxyl groups is 1. The van der Waals surface area contributed by atoms with E-state index in [1.165, 1.54) is 32.7 Å². The number of ketones is 1. The molecule has 0 aliphatic carbocycles. The van der Waals surface area contributed by atoms with Gasteiger partial charge in [0.05, 0.1) is 22.3 Å². The third-order valence-corrected chi connectivity index (χ3v) is 10.4. The summed E-state index contributed by atoms with van der Waals surface area (Å²) in [6.45, 7) is 19.4. The minimum atomic E-state index is 0. The van der Waals surface area contributed by atoms with Crippen LogP contribution < -0.4 is 4.57 Å². The molecule has 3 heterocycles. The van der Waals surface area contributed by atoms with Crippen molar-refractivity contribution in [3.05, 3.63) is 102 Å². The molecule has 1 radical (unpaired) electrons. The van der Waals surface area contributed by atoms with Gasteiger partial charge in [0.1, 0.15) is 5.69 Å². The predicted octanol–water partition coefficient (Wildman–Crippen LogP) is 11.9. The van der Waals surface area contributed by atoms with E-state index in [1.54, 1.807) is 11.3 Å². The molecule has 0 fully saturated rings. The second kappa shape index (κ2) is 18.3. The fourth-order valence-electron chi connectivity index (χ4n) is 6.43. The largest absolute Gasteiger partial charge is 0.512 e. The van der Waals surface area contributed by atoms with Gasteiger partial charge in [0.2, 0.25) is 0 Å². The van der Waals surface area contributed by atoms with Crippen LogP contribution in [0.3, 0.4) is 0 Å². The number of thiophene rings is 1. The molecule has 0 saturated carbocycles. The van der Waals surface area contributed by atoms with Crippen LogP contribution in [0.15, 0.2) is 78.1 Å². The van der Waals surface area contributed by atoms with Crippen LogP contribution in [0, 0.1) is 30.9 Å². The standard InChI is InChI=1S/C31H31N2S.C13H24O2.Ir/c1-20(2)13-24-19-34-30-18-32-28(17-26(24)30)22-11-12-33(6)29(16-22)23-14-21-9-7-8-10-25(21)27(15-23)31(3,4)5;1-5-10(6-2)12(14)9-13(15)11(7-3)8-4;/h7-12,15-20H,6,13H2,1-5H3;9-11,14H,5-8H2,1-4H3;/q-1;;/b;12-9-;. The number of carbonyl (C=O) groups excluding carboxylic acids is 1. The van der Waals surface area contributed by atoms with Crippen LogP contribution in [0.25, 0.3) is 43.4 Å². The Morgan fingerprint density at radius 1 is 0.980 bits per heavy atom. The second-order valence-electron chi connectivity index (χ2n) is 14.6. The summed E-state index contributed by atoms with van der Waals surface area (Å²) in [5.41, 5.74) is 6.93. The molecule has 0 saturated heterocycles. The number of hydrogen-bond donors (Lipinski definition) is 1. The molecular weight excluding hydrogens is 813 g/mol. The number of carbonyl (C=O) groups is 1. The summed E-state index contributed by atoms with van der Waals surface area (Å²) in [5.74, 6) is 1.18. The van der Waals surface area contributed by atoms with Crippen LogP contribution in [0.2, 0.25) is 0 Å². The molecule has 2 aromatic carbocycles. The Bertz CT molecular complexity index is 1910. The zero-order valence-electron chi connectivity index (χ0n) is 31.4. The zero-order valence-corrected chi connectivity index (χ0v) is 34.6. The SMILES string of the molecule is CCC(CC)C(=O)/C=C(\O)C(CC)CC.[CH2-][n+]1ccc(-c2cc3c(CC(C)C)csc3cn2)cc1-c1[c-]c2ccccc2c(C(C)(C)C)c1.[Ir]. The average molecular weight is 868 g/mol. The maximum absolute atomic E-state index is 11.7. The molecule has 4 nitrogen and oxygen atoms in total. The van der Waals surface area contributed by atoms with Gasteiger partial charge in [-0.3, -0.25) is 9.78 Å². The molecule has 5 rings (SSSR count). The van der Waals surface area contributed by atoms with Crippen molar-refractivity contribution >= 4 is 38.0 Å². The quantitative estimate of drug-likeness (QED) is 0.0623. The fraction of sp³-hybridized carbons (Fsp3) is 0.409.